The molecule has 0 N–H and O–H groups in total. The predicted molar refractivity (Wildman–Crippen MR) is 59.6 cm³/mol. The van der Waals surface area contributed by atoms with Crippen LogP contribution in [0.5, 0.6) is 0 Å². The van der Waals surface area contributed by atoms with Gasteiger partial charge in [-0.05, 0) is 26.2 Å². The fourth-order valence-corrected chi connectivity index (χ4v) is 1.94. The normalized spacial score (nSPS) is 23.2. The topological polar surface area (TPSA) is 24.8 Å². The minimum Gasteiger partial charge on any atom is -0.382 e. The molecule has 0 aromatic heterocycles. The average molecular weight is 198 g/mol. The Balaban J connectivity index is 2.45. The fraction of sp³-hybridized carbons (Fsp3) is 0.909. The molecule has 3 nitrogen and oxygen atoms in total. The van der Waals surface area contributed by atoms with Crippen molar-refractivity contribution in [2.24, 2.45) is 5.10 Å². The van der Waals surface area contributed by atoms with E-state index in [1.54, 1.807) is 7.11 Å². The highest BCUT2D eigenvalue weighted by Gasteiger charge is 2.22. The highest BCUT2D eigenvalue weighted by molar-refractivity contribution is 5.81. The van der Waals surface area contributed by atoms with Gasteiger partial charge in [0.05, 0.1) is 12.6 Å². The number of ether oxygens (including phenoxy) is 1. The molecule has 0 amide bonds. The number of rotatable bonds is 5. The number of hydrogen-bond donors (Lipinski definition) is 0. The molecule has 3 heteroatoms. The smallest absolute Gasteiger partial charge is 0.0704 e. The lowest BCUT2D eigenvalue weighted by atomic mass is 10.2. The lowest BCUT2D eigenvalue weighted by Crippen LogP contribution is -2.29. The van der Waals surface area contributed by atoms with E-state index < -0.39 is 0 Å². The largest absolute Gasteiger partial charge is 0.382 e. The molecule has 0 aromatic rings. The third-order valence-electron chi connectivity index (χ3n) is 2.62. The van der Waals surface area contributed by atoms with Gasteiger partial charge >= 0.3 is 0 Å². The molecule has 0 aliphatic carbocycles. The summed E-state index contributed by atoms with van der Waals surface area (Å²) in [5.41, 5.74) is 1.25. The van der Waals surface area contributed by atoms with Crippen LogP contribution in [-0.4, -0.2) is 37.0 Å². The maximum Gasteiger partial charge on any atom is 0.0704 e. The van der Waals surface area contributed by atoms with Crippen LogP contribution in [0.25, 0.3) is 0 Å². The predicted octanol–water partition coefficient (Wildman–Crippen LogP) is 2.27. The Labute approximate surface area is 87.1 Å². The number of hydrazone groups is 1. The van der Waals surface area contributed by atoms with E-state index in [4.69, 9.17) is 4.74 Å². The molecule has 1 fully saturated rings. The van der Waals surface area contributed by atoms with Crippen molar-refractivity contribution in [2.75, 3.05) is 20.3 Å². The van der Waals surface area contributed by atoms with Crippen LogP contribution in [0.4, 0.5) is 0 Å². The summed E-state index contributed by atoms with van der Waals surface area (Å²) in [7, 11) is 1.76. The Morgan fingerprint density at radius 2 is 2.36 bits per heavy atom. The first-order valence-corrected chi connectivity index (χ1v) is 5.57. The Morgan fingerprint density at radius 1 is 1.57 bits per heavy atom. The number of methoxy groups -OCH3 is 1. The van der Waals surface area contributed by atoms with Crippen LogP contribution in [0, 0.1) is 0 Å². The third-order valence-corrected chi connectivity index (χ3v) is 2.62. The minimum atomic E-state index is 0.506. The van der Waals surface area contributed by atoms with Crippen LogP contribution in [0.2, 0.25) is 0 Å². The maximum absolute atomic E-state index is 5.19. The summed E-state index contributed by atoms with van der Waals surface area (Å²) < 4.78 is 5.19. The van der Waals surface area contributed by atoms with Crippen LogP contribution >= 0.6 is 0 Å². The first-order chi connectivity index (χ1) is 6.77. The zero-order valence-corrected chi connectivity index (χ0v) is 9.62. The van der Waals surface area contributed by atoms with Crippen LogP contribution in [0.1, 0.15) is 39.5 Å². The SMILES string of the molecule is CCC/C(C)=N/N1CCC[C@H]1COC. The van der Waals surface area contributed by atoms with Crippen molar-refractivity contribution in [1.82, 2.24) is 5.01 Å². The molecule has 1 aliphatic heterocycles. The first kappa shape index (κ1) is 11.5. The summed E-state index contributed by atoms with van der Waals surface area (Å²) in [6, 6.07) is 0.506. The van der Waals surface area contributed by atoms with E-state index in [0.717, 1.165) is 19.6 Å². The van der Waals surface area contributed by atoms with Crippen molar-refractivity contribution in [3.05, 3.63) is 0 Å². The summed E-state index contributed by atoms with van der Waals surface area (Å²) >= 11 is 0. The molecule has 0 radical (unpaired) electrons. The average Bonchev–Trinajstić information content (AvgIpc) is 2.54. The van der Waals surface area contributed by atoms with Gasteiger partial charge < -0.3 is 4.74 Å². The van der Waals surface area contributed by atoms with E-state index in [1.165, 1.54) is 25.0 Å². The monoisotopic (exact) mass is 198 g/mol. The second-order valence-electron chi connectivity index (χ2n) is 4.00. The summed E-state index contributed by atoms with van der Waals surface area (Å²) in [6.07, 6.45) is 4.75. The lowest BCUT2D eigenvalue weighted by Gasteiger charge is -2.21. The molecule has 1 atom stereocenters. The van der Waals surface area contributed by atoms with E-state index in [1.807, 2.05) is 0 Å². The number of nitrogens with zero attached hydrogens (tertiary/aromatic N) is 2. The zero-order chi connectivity index (χ0) is 10.4. The van der Waals surface area contributed by atoms with E-state index in [2.05, 4.69) is 24.0 Å². The van der Waals surface area contributed by atoms with Crippen molar-refractivity contribution >= 4 is 5.71 Å². The molecule has 0 spiro atoms. The van der Waals surface area contributed by atoms with Gasteiger partial charge in [-0.2, -0.15) is 5.10 Å². The van der Waals surface area contributed by atoms with Crippen LogP contribution in [0.3, 0.4) is 0 Å². The number of hydrogen-bond acceptors (Lipinski definition) is 3. The fourth-order valence-electron chi connectivity index (χ4n) is 1.94. The summed E-state index contributed by atoms with van der Waals surface area (Å²) in [5.74, 6) is 0. The highest BCUT2D eigenvalue weighted by Crippen LogP contribution is 2.18. The van der Waals surface area contributed by atoms with Gasteiger partial charge in [-0.3, -0.25) is 5.01 Å². The molecular weight excluding hydrogens is 176 g/mol. The van der Waals surface area contributed by atoms with Crippen molar-refractivity contribution in [2.45, 2.75) is 45.6 Å². The van der Waals surface area contributed by atoms with Crippen molar-refractivity contribution < 1.29 is 4.74 Å². The van der Waals surface area contributed by atoms with E-state index in [-0.39, 0.29) is 0 Å². The van der Waals surface area contributed by atoms with E-state index in [0.29, 0.717) is 6.04 Å². The molecular formula is C11H22N2O. The van der Waals surface area contributed by atoms with Crippen molar-refractivity contribution in [3.63, 3.8) is 0 Å². The van der Waals surface area contributed by atoms with Gasteiger partial charge in [0, 0.05) is 19.4 Å². The van der Waals surface area contributed by atoms with Gasteiger partial charge in [-0.1, -0.05) is 13.3 Å². The maximum atomic E-state index is 5.19. The second-order valence-corrected chi connectivity index (χ2v) is 4.00. The lowest BCUT2D eigenvalue weighted by molar-refractivity contribution is 0.117. The second kappa shape index (κ2) is 6.02. The van der Waals surface area contributed by atoms with Gasteiger partial charge in [0.1, 0.15) is 0 Å². The van der Waals surface area contributed by atoms with Crippen molar-refractivity contribution in [1.29, 1.82) is 0 Å². The van der Waals surface area contributed by atoms with Crippen LogP contribution in [-0.2, 0) is 4.74 Å². The summed E-state index contributed by atoms with van der Waals surface area (Å²) in [5, 5.41) is 6.84. The molecule has 82 valence electrons. The minimum absolute atomic E-state index is 0.506. The molecule has 0 saturated carbocycles. The van der Waals surface area contributed by atoms with E-state index in [9.17, 15) is 0 Å². The first-order valence-electron chi connectivity index (χ1n) is 5.57. The highest BCUT2D eigenvalue weighted by atomic mass is 16.5. The zero-order valence-electron chi connectivity index (χ0n) is 9.62. The van der Waals surface area contributed by atoms with Crippen LogP contribution < -0.4 is 0 Å². The van der Waals surface area contributed by atoms with Gasteiger partial charge in [-0.15, -0.1) is 0 Å². The summed E-state index contributed by atoms with van der Waals surface area (Å²) in [6.45, 7) is 6.21. The molecule has 1 heterocycles. The van der Waals surface area contributed by atoms with Crippen molar-refractivity contribution in [3.8, 4) is 0 Å². The Hall–Kier alpha value is -0.570. The Morgan fingerprint density at radius 3 is 3.00 bits per heavy atom. The molecule has 0 aromatic carbocycles. The third kappa shape index (κ3) is 3.29. The molecule has 0 unspecified atom stereocenters. The Bertz CT molecular complexity index is 192. The van der Waals surface area contributed by atoms with Gasteiger partial charge in [0.2, 0.25) is 0 Å². The molecule has 1 saturated heterocycles. The van der Waals surface area contributed by atoms with Gasteiger partial charge in [-0.25, -0.2) is 0 Å². The van der Waals surface area contributed by atoms with Gasteiger partial charge in [0.25, 0.3) is 0 Å². The van der Waals surface area contributed by atoms with Crippen LogP contribution in [0.15, 0.2) is 5.10 Å². The molecule has 14 heavy (non-hydrogen) atoms. The standard InChI is InChI=1S/C11H22N2O/c1-4-6-10(2)12-13-8-5-7-11(13)9-14-3/h11H,4-9H2,1-3H3/b12-10+/t11-/m0/s1. The quantitative estimate of drug-likeness (QED) is 0.633. The molecule has 1 aliphatic rings. The summed E-state index contributed by atoms with van der Waals surface area (Å²) in [4.78, 5) is 0. The Kier molecular flexibility index (Phi) is 4.94. The molecule has 1 rings (SSSR count). The molecule has 0 bridgehead atoms. The van der Waals surface area contributed by atoms with E-state index >= 15 is 0 Å². The van der Waals surface area contributed by atoms with Gasteiger partial charge in [0.15, 0.2) is 0 Å².